The Morgan fingerprint density at radius 1 is 1.05 bits per heavy atom. The van der Waals surface area contributed by atoms with Crippen molar-refractivity contribution in [2.75, 3.05) is 6.54 Å². The van der Waals surface area contributed by atoms with Crippen LogP contribution in [0.3, 0.4) is 0 Å². The summed E-state index contributed by atoms with van der Waals surface area (Å²) in [6.07, 6.45) is 0.414. The number of carbonyl (C=O) groups is 1. The van der Waals surface area contributed by atoms with Gasteiger partial charge in [-0.15, -0.1) is 0 Å². The lowest BCUT2D eigenvalue weighted by Crippen LogP contribution is -2.45. The van der Waals surface area contributed by atoms with Crippen molar-refractivity contribution in [3.05, 3.63) is 71.8 Å². The summed E-state index contributed by atoms with van der Waals surface area (Å²) in [6.45, 7) is 3.79. The smallest absolute Gasteiger partial charge is 0.219 e. The second kappa shape index (κ2) is 7.23. The van der Waals surface area contributed by atoms with E-state index in [2.05, 4.69) is 5.32 Å². The molecule has 0 unspecified atom stereocenters. The standard InChI is InChI=1S/C19H23NO2/c1-3-17(21)20-14-19(2,22)18(15-10-6-4-7-11-15)16-12-8-5-9-13-16/h4-13,18,22H,3,14H2,1-2H3,(H,20,21)/t19-/m1/s1. The molecule has 1 atom stereocenters. The first-order valence-corrected chi connectivity index (χ1v) is 7.63. The third-order valence-electron chi connectivity index (χ3n) is 3.85. The monoisotopic (exact) mass is 297 g/mol. The zero-order valence-electron chi connectivity index (χ0n) is 13.1. The molecule has 0 aliphatic rings. The lowest BCUT2D eigenvalue weighted by Gasteiger charge is -2.34. The molecule has 0 bridgehead atoms. The third-order valence-corrected chi connectivity index (χ3v) is 3.85. The van der Waals surface area contributed by atoms with E-state index >= 15 is 0 Å². The minimum Gasteiger partial charge on any atom is -0.387 e. The highest BCUT2D eigenvalue weighted by molar-refractivity contribution is 5.75. The minimum absolute atomic E-state index is 0.0554. The van der Waals surface area contributed by atoms with Crippen LogP contribution in [0.25, 0.3) is 0 Å². The highest BCUT2D eigenvalue weighted by Crippen LogP contribution is 2.34. The van der Waals surface area contributed by atoms with Crippen LogP contribution in [-0.4, -0.2) is 23.2 Å². The van der Waals surface area contributed by atoms with Crippen molar-refractivity contribution in [2.24, 2.45) is 0 Å². The Kier molecular flexibility index (Phi) is 5.34. The molecule has 2 aromatic rings. The maximum atomic E-state index is 11.5. The van der Waals surface area contributed by atoms with E-state index in [1.54, 1.807) is 13.8 Å². The second-order valence-corrected chi connectivity index (χ2v) is 5.74. The molecule has 22 heavy (non-hydrogen) atoms. The average molecular weight is 297 g/mol. The van der Waals surface area contributed by atoms with Gasteiger partial charge in [0.15, 0.2) is 0 Å². The molecule has 0 aromatic heterocycles. The highest BCUT2D eigenvalue weighted by atomic mass is 16.3. The van der Waals surface area contributed by atoms with E-state index in [1.807, 2.05) is 60.7 Å². The van der Waals surface area contributed by atoms with E-state index in [4.69, 9.17) is 0 Å². The first-order valence-electron chi connectivity index (χ1n) is 7.63. The topological polar surface area (TPSA) is 49.3 Å². The van der Waals surface area contributed by atoms with Crippen molar-refractivity contribution in [1.82, 2.24) is 5.32 Å². The Balaban J connectivity index is 2.34. The second-order valence-electron chi connectivity index (χ2n) is 5.74. The Morgan fingerprint density at radius 2 is 1.50 bits per heavy atom. The molecule has 0 spiro atoms. The highest BCUT2D eigenvalue weighted by Gasteiger charge is 2.34. The van der Waals surface area contributed by atoms with E-state index in [-0.39, 0.29) is 18.4 Å². The number of amides is 1. The van der Waals surface area contributed by atoms with E-state index < -0.39 is 5.60 Å². The molecule has 0 radical (unpaired) electrons. The van der Waals surface area contributed by atoms with Crippen molar-refractivity contribution in [2.45, 2.75) is 31.8 Å². The van der Waals surface area contributed by atoms with E-state index in [9.17, 15) is 9.90 Å². The Bertz CT molecular complexity index is 554. The lowest BCUT2D eigenvalue weighted by molar-refractivity contribution is -0.122. The number of hydrogen-bond donors (Lipinski definition) is 2. The number of aliphatic hydroxyl groups is 1. The van der Waals surface area contributed by atoms with Gasteiger partial charge in [-0.05, 0) is 18.1 Å². The zero-order valence-corrected chi connectivity index (χ0v) is 13.1. The molecule has 0 aliphatic carbocycles. The van der Waals surface area contributed by atoms with Gasteiger partial charge in [-0.3, -0.25) is 4.79 Å². The number of carbonyl (C=O) groups excluding carboxylic acids is 1. The number of nitrogens with one attached hydrogen (secondary N) is 1. The molecule has 2 aromatic carbocycles. The summed E-state index contributed by atoms with van der Waals surface area (Å²) in [5, 5.41) is 13.8. The van der Waals surface area contributed by atoms with Gasteiger partial charge in [-0.2, -0.15) is 0 Å². The van der Waals surface area contributed by atoms with Crippen molar-refractivity contribution in [3.63, 3.8) is 0 Å². The van der Waals surface area contributed by atoms with Gasteiger partial charge in [0.05, 0.1) is 5.60 Å². The fourth-order valence-corrected chi connectivity index (χ4v) is 2.71. The van der Waals surface area contributed by atoms with Gasteiger partial charge in [-0.25, -0.2) is 0 Å². The predicted octanol–water partition coefficient (Wildman–Crippen LogP) is 3.10. The first-order chi connectivity index (χ1) is 10.5. The average Bonchev–Trinajstić information content (AvgIpc) is 2.54. The van der Waals surface area contributed by atoms with Gasteiger partial charge in [-0.1, -0.05) is 67.6 Å². The van der Waals surface area contributed by atoms with Crippen LogP contribution in [0.4, 0.5) is 0 Å². The normalized spacial score (nSPS) is 13.6. The largest absolute Gasteiger partial charge is 0.387 e. The number of hydrogen-bond acceptors (Lipinski definition) is 2. The third kappa shape index (κ3) is 3.95. The van der Waals surface area contributed by atoms with Crippen LogP contribution in [0, 0.1) is 0 Å². The van der Waals surface area contributed by atoms with Crippen molar-refractivity contribution in [1.29, 1.82) is 0 Å². The molecule has 0 fully saturated rings. The quantitative estimate of drug-likeness (QED) is 0.861. The maximum Gasteiger partial charge on any atom is 0.219 e. The van der Waals surface area contributed by atoms with E-state index in [0.29, 0.717) is 6.42 Å². The molecule has 0 saturated heterocycles. The fraction of sp³-hybridized carbons (Fsp3) is 0.316. The Labute approximate surface area is 132 Å². The van der Waals surface area contributed by atoms with Gasteiger partial charge in [0.2, 0.25) is 5.91 Å². The van der Waals surface area contributed by atoms with Gasteiger partial charge in [0.1, 0.15) is 0 Å². The summed E-state index contributed by atoms with van der Waals surface area (Å²) >= 11 is 0. The molecule has 3 nitrogen and oxygen atoms in total. The van der Waals surface area contributed by atoms with Crippen LogP contribution < -0.4 is 5.32 Å². The van der Waals surface area contributed by atoms with E-state index in [1.165, 1.54) is 0 Å². The van der Waals surface area contributed by atoms with Crippen molar-refractivity contribution in [3.8, 4) is 0 Å². The summed E-state index contributed by atoms with van der Waals surface area (Å²) in [4.78, 5) is 11.5. The molecule has 0 saturated carbocycles. The summed E-state index contributed by atoms with van der Waals surface area (Å²) in [5.41, 5.74) is 0.988. The zero-order chi connectivity index (χ0) is 16.0. The molecule has 3 heteroatoms. The number of rotatable bonds is 6. The molecule has 0 aliphatic heterocycles. The van der Waals surface area contributed by atoms with Crippen LogP contribution in [0.15, 0.2) is 60.7 Å². The summed E-state index contributed by atoms with van der Waals surface area (Å²) in [5.74, 6) is -0.257. The van der Waals surface area contributed by atoms with Crippen LogP contribution in [0.1, 0.15) is 37.3 Å². The van der Waals surface area contributed by atoms with Crippen molar-refractivity contribution < 1.29 is 9.90 Å². The number of benzene rings is 2. The van der Waals surface area contributed by atoms with Gasteiger partial charge < -0.3 is 10.4 Å². The molecule has 0 heterocycles. The molecule has 1 amide bonds. The predicted molar refractivity (Wildman–Crippen MR) is 88.7 cm³/mol. The summed E-state index contributed by atoms with van der Waals surface area (Å²) in [6, 6.07) is 19.8. The Morgan fingerprint density at radius 3 is 1.91 bits per heavy atom. The van der Waals surface area contributed by atoms with Crippen molar-refractivity contribution >= 4 is 5.91 Å². The molecular weight excluding hydrogens is 274 g/mol. The summed E-state index contributed by atoms with van der Waals surface area (Å²) in [7, 11) is 0. The molecule has 116 valence electrons. The maximum absolute atomic E-state index is 11.5. The van der Waals surface area contributed by atoms with Gasteiger partial charge in [0.25, 0.3) is 0 Å². The molecule has 2 rings (SSSR count). The fourth-order valence-electron chi connectivity index (χ4n) is 2.71. The molecule has 2 N–H and O–H groups in total. The van der Waals surface area contributed by atoms with Crippen LogP contribution in [-0.2, 0) is 4.79 Å². The first kappa shape index (κ1) is 16.2. The molecular formula is C19H23NO2. The summed E-state index contributed by atoms with van der Waals surface area (Å²) < 4.78 is 0. The van der Waals surface area contributed by atoms with Crippen LogP contribution in [0.5, 0.6) is 0 Å². The van der Waals surface area contributed by atoms with E-state index in [0.717, 1.165) is 11.1 Å². The van der Waals surface area contributed by atoms with Gasteiger partial charge >= 0.3 is 0 Å². The Hall–Kier alpha value is -2.13. The van der Waals surface area contributed by atoms with Crippen LogP contribution in [0.2, 0.25) is 0 Å². The van der Waals surface area contributed by atoms with Crippen LogP contribution >= 0.6 is 0 Å². The minimum atomic E-state index is -1.08. The van der Waals surface area contributed by atoms with Gasteiger partial charge in [0, 0.05) is 18.9 Å². The lowest BCUT2D eigenvalue weighted by atomic mass is 9.78. The SMILES string of the molecule is CCC(=O)NC[C@@](C)(O)C(c1ccccc1)c1ccccc1.